The van der Waals surface area contributed by atoms with Crippen molar-refractivity contribution in [1.82, 2.24) is 14.5 Å². The number of nitrogens with one attached hydrogen (secondary N) is 1. The minimum Gasteiger partial charge on any atom is -0.320 e. The van der Waals surface area contributed by atoms with Gasteiger partial charge in [-0.25, -0.2) is 4.98 Å². The van der Waals surface area contributed by atoms with Gasteiger partial charge in [0.25, 0.3) is 5.91 Å². The van der Waals surface area contributed by atoms with Crippen molar-refractivity contribution in [3.8, 4) is 5.69 Å². The molecule has 28 heavy (non-hydrogen) atoms. The van der Waals surface area contributed by atoms with Crippen LogP contribution in [0.5, 0.6) is 0 Å². The normalized spacial score (nSPS) is 11.0. The summed E-state index contributed by atoms with van der Waals surface area (Å²) in [6, 6.07) is 8.75. The Morgan fingerprint density at radius 2 is 1.82 bits per heavy atom. The highest BCUT2D eigenvalue weighted by Gasteiger charge is 2.18. The molecule has 0 saturated carbocycles. The third kappa shape index (κ3) is 3.13. The van der Waals surface area contributed by atoms with Crippen LogP contribution in [0, 0.1) is 13.8 Å². The smallest absolute Gasteiger partial charge is 0.258 e. The highest BCUT2D eigenvalue weighted by molar-refractivity contribution is 6.40. The van der Waals surface area contributed by atoms with Gasteiger partial charge in [0.1, 0.15) is 0 Å². The fraction of sp³-hybridized carbons (Fsp3) is 0.0952. The van der Waals surface area contributed by atoms with Crippen LogP contribution in [0.4, 0.5) is 5.69 Å². The van der Waals surface area contributed by atoms with Crippen LogP contribution in [-0.4, -0.2) is 20.4 Å². The lowest BCUT2D eigenvalue weighted by atomic mass is 10.0. The highest BCUT2D eigenvalue weighted by Crippen LogP contribution is 2.33. The summed E-state index contributed by atoms with van der Waals surface area (Å²) < 4.78 is 1.95. The minimum absolute atomic E-state index is 0.238. The molecule has 0 radical (unpaired) electrons. The molecule has 4 rings (SSSR count). The Morgan fingerprint density at radius 3 is 2.50 bits per heavy atom. The molecular formula is C21H16Cl2N4O. The zero-order chi connectivity index (χ0) is 19.8. The molecule has 1 N–H and O–H groups in total. The van der Waals surface area contributed by atoms with E-state index < -0.39 is 0 Å². The number of halogens is 2. The van der Waals surface area contributed by atoms with Crippen molar-refractivity contribution < 1.29 is 4.79 Å². The number of hydrogen-bond donors (Lipinski definition) is 1. The molecule has 2 aromatic heterocycles. The van der Waals surface area contributed by atoms with Crippen LogP contribution >= 0.6 is 23.2 Å². The van der Waals surface area contributed by atoms with Gasteiger partial charge in [0.15, 0.2) is 0 Å². The zero-order valence-corrected chi connectivity index (χ0v) is 16.7. The average Bonchev–Trinajstić information content (AvgIpc) is 3.18. The number of hydrogen-bond acceptors (Lipinski definition) is 3. The number of aryl methyl sites for hydroxylation is 2. The Labute approximate surface area is 171 Å². The SMILES string of the molecule is Cc1cnc2c(NC(=O)c3c(Cl)cccc3Cl)ccc(C)c2c1-n1ccnc1. The third-order valence-electron chi connectivity index (χ3n) is 4.58. The van der Waals surface area contributed by atoms with Crippen LogP contribution in [0.25, 0.3) is 16.6 Å². The van der Waals surface area contributed by atoms with Crippen LogP contribution in [0.3, 0.4) is 0 Å². The second-order valence-corrected chi connectivity index (χ2v) is 7.28. The maximum atomic E-state index is 12.8. The van der Waals surface area contributed by atoms with Crippen molar-refractivity contribution in [3.63, 3.8) is 0 Å². The van der Waals surface area contributed by atoms with E-state index in [9.17, 15) is 4.79 Å². The monoisotopic (exact) mass is 410 g/mol. The van der Waals surface area contributed by atoms with Gasteiger partial charge in [-0.05, 0) is 43.2 Å². The fourth-order valence-corrected chi connectivity index (χ4v) is 3.84. The van der Waals surface area contributed by atoms with E-state index in [-0.39, 0.29) is 11.5 Å². The number of amides is 1. The first kappa shape index (κ1) is 18.5. The molecular weight excluding hydrogens is 395 g/mol. The second kappa shape index (κ2) is 7.26. The van der Waals surface area contributed by atoms with Crippen molar-refractivity contribution in [2.75, 3.05) is 5.32 Å². The molecule has 1 amide bonds. The number of anilines is 1. The molecule has 4 aromatic rings. The maximum Gasteiger partial charge on any atom is 0.258 e. The second-order valence-electron chi connectivity index (χ2n) is 6.46. The van der Waals surface area contributed by atoms with Crippen molar-refractivity contribution in [3.05, 3.63) is 82.0 Å². The summed E-state index contributed by atoms with van der Waals surface area (Å²) in [4.78, 5) is 21.6. The van der Waals surface area contributed by atoms with Crippen LogP contribution in [0.1, 0.15) is 21.5 Å². The van der Waals surface area contributed by atoms with E-state index in [0.717, 1.165) is 22.2 Å². The molecule has 0 atom stereocenters. The number of rotatable bonds is 3. The molecule has 0 fully saturated rings. The van der Waals surface area contributed by atoms with E-state index in [0.29, 0.717) is 21.2 Å². The molecule has 0 aliphatic heterocycles. The van der Waals surface area contributed by atoms with Gasteiger partial charge in [-0.2, -0.15) is 0 Å². The summed E-state index contributed by atoms with van der Waals surface area (Å²) in [5.74, 6) is -0.382. The Balaban J connectivity index is 1.87. The van der Waals surface area contributed by atoms with E-state index in [2.05, 4.69) is 15.3 Å². The molecule has 5 nitrogen and oxygen atoms in total. The van der Waals surface area contributed by atoms with Gasteiger partial charge >= 0.3 is 0 Å². The average molecular weight is 411 g/mol. The van der Waals surface area contributed by atoms with Crippen molar-refractivity contribution in [2.24, 2.45) is 0 Å². The van der Waals surface area contributed by atoms with Crippen molar-refractivity contribution >= 4 is 45.7 Å². The third-order valence-corrected chi connectivity index (χ3v) is 5.21. The topological polar surface area (TPSA) is 59.8 Å². The zero-order valence-electron chi connectivity index (χ0n) is 15.2. The first-order valence-corrected chi connectivity index (χ1v) is 9.35. The number of imidazole rings is 1. The summed E-state index contributed by atoms with van der Waals surface area (Å²) in [5.41, 5.74) is 4.54. The molecule has 0 unspecified atom stereocenters. The van der Waals surface area contributed by atoms with E-state index in [1.54, 1.807) is 36.9 Å². The molecule has 2 aromatic carbocycles. The largest absolute Gasteiger partial charge is 0.320 e. The van der Waals surface area contributed by atoms with Crippen molar-refractivity contribution in [1.29, 1.82) is 0 Å². The fourth-order valence-electron chi connectivity index (χ4n) is 3.27. The molecule has 7 heteroatoms. The van der Waals surface area contributed by atoms with E-state index in [1.807, 2.05) is 36.7 Å². The van der Waals surface area contributed by atoms with Gasteiger partial charge in [0.2, 0.25) is 0 Å². The number of pyridine rings is 1. The number of benzene rings is 2. The highest BCUT2D eigenvalue weighted by atomic mass is 35.5. The molecule has 0 spiro atoms. The van der Waals surface area contributed by atoms with Crippen molar-refractivity contribution in [2.45, 2.75) is 13.8 Å². The number of carbonyl (C=O) groups excluding carboxylic acids is 1. The lowest BCUT2D eigenvalue weighted by molar-refractivity contribution is 0.102. The van der Waals surface area contributed by atoms with Gasteiger partial charge in [-0.1, -0.05) is 35.3 Å². The molecule has 0 aliphatic carbocycles. The summed E-state index contributed by atoms with van der Waals surface area (Å²) in [6.45, 7) is 4.01. The summed E-state index contributed by atoms with van der Waals surface area (Å²) in [6.07, 6.45) is 7.15. The lowest BCUT2D eigenvalue weighted by Gasteiger charge is -2.16. The Kier molecular flexibility index (Phi) is 4.79. The summed E-state index contributed by atoms with van der Waals surface area (Å²) in [5, 5.41) is 4.44. The molecule has 2 heterocycles. The first-order chi connectivity index (χ1) is 13.5. The molecule has 0 aliphatic rings. The quantitative estimate of drug-likeness (QED) is 0.478. The molecule has 140 valence electrons. The van der Waals surface area contributed by atoms with Gasteiger partial charge in [0.05, 0.1) is 38.8 Å². The number of carbonyl (C=O) groups is 1. The standard InChI is InChI=1S/C21H16Cl2N4O/c1-12-6-7-16(26-21(28)18-14(22)4-3-5-15(18)23)19-17(12)20(13(2)10-25-19)27-9-8-24-11-27/h3-11H,1-2H3,(H,26,28). The summed E-state index contributed by atoms with van der Waals surface area (Å²) in [7, 11) is 0. The molecule has 0 bridgehead atoms. The van der Waals surface area contributed by atoms with E-state index in [4.69, 9.17) is 23.2 Å². The number of fused-ring (bicyclic) bond motifs is 1. The Bertz CT molecular complexity index is 1180. The van der Waals surface area contributed by atoms with E-state index >= 15 is 0 Å². The van der Waals surface area contributed by atoms with Crippen LogP contribution in [-0.2, 0) is 0 Å². The number of aromatic nitrogens is 3. The van der Waals surface area contributed by atoms with Gasteiger partial charge in [-0.3, -0.25) is 9.78 Å². The predicted molar refractivity (Wildman–Crippen MR) is 113 cm³/mol. The Morgan fingerprint density at radius 1 is 1.07 bits per heavy atom. The van der Waals surface area contributed by atoms with Gasteiger partial charge < -0.3 is 9.88 Å². The minimum atomic E-state index is -0.382. The van der Waals surface area contributed by atoms with Gasteiger partial charge in [-0.15, -0.1) is 0 Å². The predicted octanol–water partition coefficient (Wildman–Crippen LogP) is 5.60. The summed E-state index contributed by atoms with van der Waals surface area (Å²) >= 11 is 12.4. The lowest BCUT2D eigenvalue weighted by Crippen LogP contribution is -2.14. The molecule has 0 saturated heterocycles. The Hall–Kier alpha value is -2.89. The van der Waals surface area contributed by atoms with Gasteiger partial charge in [0, 0.05) is 24.0 Å². The first-order valence-electron chi connectivity index (χ1n) is 8.60. The van der Waals surface area contributed by atoms with Crippen LogP contribution < -0.4 is 5.32 Å². The van der Waals surface area contributed by atoms with Crippen LogP contribution in [0.2, 0.25) is 10.0 Å². The number of nitrogens with zero attached hydrogens (tertiary/aromatic N) is 3. The van der Waals surface area contributed by atoms with Crippen LogP contribution in [0.15, 0.2) is 55.2 Å². The van der Waals surface area contributed by atoms with E-state index in [1.165, 1.54) is 0 Å². The maximum absolute atomic E-state index is 12.8.